The summed E-state index contributed by atoms with van der Waals surface area (Å²) in [5, 5.41) is 13.0. The van der Waals surface area contributed by atoms with Gasteiger partial charge in [-0.1, -0.05) is 29.8 Å². The van der Waals surface area contributed by atoms with E-state index >= 15 is 0 Å². The average Bonchev–Trinajstić information content (AvgIpc) is 2.44. The number of nitrogens with one attached hydrogen (secondary N) is 1. The molecule has 22 heavy (non-hydrogen) atoms. The van der Waals surface area contributed by atoms with Crippen molar-refractivity contribution in [1.29, 1.82) is 0 Å². The van der Waals surface area contributed by atoms with E-state index in [1.807, 2.05) is 0 Å². The molecule has 0 saturated heterocycles. The molecular weight excluding hydrogens is 325 g/mol. The molecule has 0 aliphatic heterocycles. The van der Waals surface area contributed by atoms with Crippen LogP contribution in [0.2, 0.25) is 5.15 Å². The van der Waals surface area contributed by atoms with E-state index in [2.05, 4.69) is 15.3 Å². The Morgan fingerprint density at radius 2 is 1.95 bits per heavy atom. The fourth-order valence-corrected chi connectivity index (χ4v) is 1.84. The Morgan fingerprint density at radius 3 is 2.59 bits per heavy atom. The van der Waals surface area contributed by atoms with Gasteiger partial charge in [0.15, 0.2) is 0 Å². The quantitative estimate of drug-likeness (QED) is 0.525. The van der Waals surface area contributed by atoms with Crippen LogP contribution < -0.4 is 5.32 Å². The first-order valence-corrected chi connectivity index (χ1v) is 6.23. The zero-order valence-electron chi connectivity index (χ0n) is 10.8. The zero-order valence-corrected chi connectivity index (χ0v) is 11.5. The van der Waals surface area contributed by atoms with Gasteiger partial charge in [-0.15, -0.1) is 0 Å². The van der Waals surface area contributed by atoms with Gasteiger partial charge in [0.1, 0.15) is 11.0 Å². The van der Waals surface area contributed by atoms with Crippen LogP contribution in [0.4, 0.5) is 24.7 Å². The first-order chi connectivity index (χ1) is 10.3. The molecule has 2 aromatic rings. The van der Waals surface area contributed by atoms with Gasteiger partial charge in [-0.3, -0.25) is 10.1 Å². The Labute approximate surface area is 127 Å². The largest absolute Gasteiger partial charge is 0.451 e. The molecule has 1 aromatic carbocycles. The van der Waals surface area contributed by atoms with Gasteiger partial charge in [-0.25, -0.2) is 9.97 Å². The molecule has 0 fully saturated rings. The molecule has 10 heteroatoms. The maximum Gasteiger partial charge on any atom is 0.451 e. The van der Waals surface area contributed by atoms with Gasteiger partial charge in [-0.2, -0.15) is 13.2 Å². The van der Waals surface area contributed by atoms with Crippen LogP contribution in [0.1, 0.15) is 11.4 Å². The number of nitrogens with zero attached hydrogens (tertiary/aromatic N) is 3. The number of para-hydroxylation sites is 1. The van der Waals surface area contributed by atoms with Crippen molar-refractivity contribution < 1.29 is 18.1 Å². The molecular formula is C12H8ClF3N4O2. The summed E-state index contributed by atoms with van der Waals surface area (Å²) in [6.07, 6.45) is -4.74. The number of benzene rings is 1. The normalized spacial score (nSPS) is 11.3. The summed E-state index contributed by atoms with van der Waals surface area (Å²) in [6.45, 7) is -0.0816. The summed E-state index contributed by atoms with van der Waals surface area (Å²) in [5.41, 5.74) is 0.155. The number of hydrogen-bond donors (Lipinski definition) is 1. The lowest BCUT2D eigenvalue weighted by atomic mass is 10.2. The minimum atomic E-state index is -4.74. The van der Waals surface area contributed by atoms with Crippen LogP contribution in [-0.2, 0) is 12.7 Å². The van der Waals surface area contributed by atoms with Crippen molar-refractivity contribution in [2.45, 2.75) is 12.7 Å². The molecule has 0 atom stereocenters. The maximum absolute atomic E-state index is 12.6. The van der Waals surface area contributed by atoms with Gasteiger partial charge >= 0.3 is 6.18 Å². The summed E-state index contributed by atoms with van der Waals surface area (Å²) in [4.78, 5) is 16.7. The summed E-state index contributed by atoms with van der Waals surface area (Å²) in [6, 6.07) is 6.96. The number of nitro groups is 1. The molecule has 116 valence electrons. The van der Waals surface area contributed by atoms with E-state index in [0.29, 0.717) is 5.56 Å². The van der Waals surface area contributed by atoms with Crippen molar-refractivity contribution in [2.75, 3.05) is 5.32 Å². The van der Waals surface area contributed by atoms with Crippen LogP contribution >= 0.6 is 11.6 Å². The van der Waals surface area contributed by atoms with Gasteiger partial charge in [0, 0.05) is 24.2 Å². The Morgan fingerprint density at radius 1 is 1.27 bits per heavy atom. The standard InChI is InChI=1S/C12H8ClF3N4O2/c13-9-5-10(19-11(18-9)12(14,15)16)17-6-7-3-1-2-4-8(7)20(21)22/h1-5H,6H2,(H,17,18,19). The van der Waals surface area contributed by atoms with E-state index in [1.54, 1.807) is 6.07 Å². The third-order valence-corrected chi connectivity index (χ3v) is 2.79. The second-order valence-electron chi connectivity index (χ2n) is 4.14. The van der Waals surface area contributed by atoms with Crippen molar-refractivity contribution in [3.8, 4) is 0 Å². The highest BCUT2D eigenvalue weighted by Crippen LogP contribution is 2.28. The van der Waals surface area contributed by atoms with Crippen LogP contribution in [0, 0.1) is 10.1 Å². The molecule has 1 heterocycles. The second-order valence-corrected chi connectivity index (χ2v) is 4.52. The molecule has 0 spiro atoms. The number of hydrogen-bond acceptors (Lipinski definition) is 5. The predicted molar refractivity (Wildman–Crippen MR) is 72.5 cm³/mol. The predicted octanol–water partition coefficient (Wildman–Crippen LogP) is 3.67. The smallest absolute Gasteiger partial charge is 0.366 e. The highest BCUT2D eigenvalue weighted by molar-refractivity contribution is 6.29. The van der Waals surface area contributed by atoms with Crippen LogP contribution in [0.15, 0.2) is 30.3 Å². The summed E-state index contributed by atoms with van der Waals surface area (Å²) in [7, 11) is 0. The van der Waals surface area contributed by atoms with E-state index in [0.717, 1.165) is 6.07 Å². The van der Waals surface area contributed by atoms with Gasteiger partial charge in [-0.05, 0) is 0 Å². The van der Waals surface area contributed by atoms with Gasteiger partial charge in [0.25, 0.3) is 5.69 Å². The molecule has 0 aliphatic rings. The zero-order chi connectivity index (χ0) is 16.3. The Balaban J connectivity index is 2.22. The van der Waals surface area contributed by atoms with Crippen LogP contribution in [0.25, 0.3) is 0 Å². The number of alkyl halides is 3. The average molecular weight is 333 g/mol. The Hall–Kier alpha value is -2.42. The topological polar surface area (TPSA) is 81.0 Å². The van der Waals surface area contributed by atoms with E-state index < -0.39 is 16.9 Å². The lowest BCUT2D eigenvalue weighted by molar-refractivity contribution is -0.385. The van der Waals surface area contributed by atoms with Gasteiger partial charge in [0.05, 0.1) is 4.92 Å². The molecule has 2 rings (SSSR count). The van der Waals surface area contributed by atoms with Crippen molar-refractivity contribution >= 4 is 23.1 Å². The molecule has 0 radical (unpaired) electrons. The van der Waals surface area contributed by atoms with E-state index in [4.69, 9.17) is 11.6 Å². The fraction of sp³-hybridized carbons (Fsp3) is 0.167. The van der Waals surface area contributed by atoms with Crippen LogP contribution in [0.3, 0.4) is 0 Å². The van der Waals surface area contributed by atoms with E-state index in [-0.39, 0.29) is 23.2 Å². The molecule has 0 amide bonds. The third kappa shape index (κ3) is 3.82. The molecule has 0 saturated carbocycles. The first-order valence-electron chi connectivity index (χ1n) is 5.85. The molecule has 0 unspecified atom stereocenters. The van der Waals surface area contributed by atoms with Crippen LogP contribution in [0.5, 0.6) is 0 Å². The second kappa shape index (κ2) is 6.14. The molecule has 1 aromatic heterocycles. The number of halogens is 4. The third-order valence-electron chi connectivity index (χ3n) is 2.60. The maximum atomic E-state index is 12.6. The number of anilines is 1. The van der Waals surface area contributed by atoms with E-state index in [1.165, 1.54) is 18.2 Å². The monoisotopic (exact) mass is 332 g/mol. The van der Waals surface area contributed by atoms with E-state index in [9.17, 15) is 23.3 Å². The molecule has 0 aliphatic carbocycles. The summed E-state index contributed by atoms with van der Waals surface area (Å²) in [5.74, 6) is -1.56. The molecule has 1 N–H and O–H groups in total. The lowest BCUT2D eigenvalue weighted by Gasteiger charge is -2.10. The Bertz CT molecular complexity index is 709. The van der Waals surface area contributed by atoms with Gasteiger partial charge in [0.2, 0.25) is 5.82 Å². The van der Waals surface area contributed by atoms with Crippen molar-refractivity contribution in [1.82, 2.24) is 9.97 Å². The molecule has 6 nitrogen and oxygen atoms in total. The highest BCUT2D eigenvalue weighted by Gasteiger charge is 2.35. The first kappa shape index (κ1) is 16.0. The summed E-state index contributed by atoms with van der Waals surface area (Å²) < 4.78 is 37.7. The minimum Gasteiger partial charge on any atom is -0.366 e. The number of rotatable bonds is 4. The van der Waals surface area contributed by atoms with Gasteiger partial charge < -0.3 is 5.32 Å². The fourth-order valence-electron chi connectivity index (χ4n) is 1.66. The van der Waals surface area contributed by atoms with Crippen molar-refractivity contribution in [2.24, 2.45) is 0 Å². The van der Waals surface area contributed by atoms with Crippen molar-refractivity contribution in [3.05, 3.63) is 57.0 Å². The van der Waals surface area contributed by atoms with Crippen molar-refractivity contribution in [3.63, 3.8) is 0 Å². The minimum absolute atomic E-state index is 0.0816. The Kier molecular flexibility index (Phi) is 4.45. The number of aromatic nitrogens is 2. The SMILES string of the molecule is O=[N+]([O-])c1ccccc1CNc1cc(Cl)nc(C(F)(F)F)n1. The van der Waals surface area contributed by atoms with Crippen LogP contribution in [-0.4, -0.2) is 14.9 Å². The lowest BCUT2D eigenvalue weighted by Crippen LogP contribution is -2.13. The number of nitro benzene ring substituents is 1. The highest BCUT2D eigenvalue weighted by atomic mass is 35.5. The molecule has 0 bridgehead atoms. The summed E-state index contributed by atoms with van der Waals surface area (Å²) >= 11 is 5.52.